The van der Waals surface area contributed by atoms with E-state index in [9.17, 15) is 13.5 Å². The molecule has 2 N–H and O–H groups in total. The van der Waals surface area contributed by atoms with E-state index in [0.717, 1.165) is 57.1 Å². The van der Waals surface area contributed by atoms with Gasteiger partial charge >= 0.3 is 6.01 Å². The molecule has 0 amide bonds. The Labute approximate surface area is 318 Å². The van der Waals surface area contributed by atoms with Gasteiger partial charge in [0.2, 0.25) is 5.88 Å². The number of piperidine rings is 1. The van der Waals surface area contributed by atoms with Gasteiger partial charge in [-0.3, -0.25) is 10.00 Å². The van der Waals surface area contributed by atoms with Gasteiger partial charge < -0.3 is 24.2 Å². The van der Waals surface area contributed by atoms with E-state index >= 15 is 4.39 Å². The Morgan fingerprint density at radius 3 is 2.69 bits per heavy atom. The van der Waals surface area contributed by atoms with Crippen LogP contribution >= 0.6 is 11.6 Å². The van der Waals surface area contributed by atoms with E-state index < -0.39 is 21.3 Å². The number of fused-ring (bicyclic) bond motifs is 3. The predicted octanol–water partition coefficient (Wildman–Crippen LogP) is 5.42. The molecule has 1 aromatic carbocycles. The SMILES string of the molecule is COc1nc(-c2c(C3CC3)c(Cl)cc3[nH]ncc23)c(F)c2nc(OC[C@]34CCC[C@H]3N(C3CCS(=O)(=O)CC3)CCC4)nc(N3CCOC[C@@](C)(O)C3)c12. The Hall–Kier alpha value is -3.37. The molecule has 6 heterocycles. The number of aliphatic hydroxyl groups is 1. The van der Waals surface area contributed by atoms with Crippen molar-refractivity contribution in [3.8, 4) is 23.1 Å². The van der Waals surface area contributed by atoms with Gasteiger partial charge in [-0.2, -0.15) is 15.1 Å². The molecule has 0 bridgehead atoms. The normalized spacial score (nSPS) is 28.0. The molecule has 4 aromatic rings. The van der Waals surface area contributed by atoms with Crippen molar-refractivity contribution in [1.29, 1.82) is 0 Å². The van der Waals surface area contributed by atoms with E-state index in [1.165, 1.54) is 7.11 Å². The smallest absolute Gasteiger partial charge is 0.319 e. The quantitative estimate of drug-likeness (QED) is 0.234. The number of nitrogens with one attached hydrogen (secondary N) is 1. The Morgan fingerprint density at radius 2 is 1.91 bits per heavy atom. The van der Waals surface area contributed by atoms with Crippen molar-refractivity contribution in [2.24, 2.45) is 5.41 Å². The number of methoxy groups -OCH3 is 1. The van der Waals surface area contributed by atoms with Crippen molar-refractivity contribution >= 4 is 49.1 Å². The van der Waals surface area contributed by atoms with Crippen LogP contribution in [0.15, 0.2) is 12.3 Å². The lowest BCUT2D eigenvalue weighted by Crippen LogP contribution is -2.56. The summed E-state index contributed by atoms with van der Waals surface area (Å²) in [5, 5.41) is 19.9. The van der Waals surface area contributed by atoms with E-state index in [0.29, 0.717) is 59.9 Å². The van der Waals surface area contributed by atoms with E-state index in [1.807, 2.05) is 11.0 Å². The molecule has 290 valence electrons. The zero-order valence-corrected chi connectivity index (χ0v) is 32.3. The number of pyridine rings is 1. The van der Waals surface area contributed by atoms with Crippen molar-refractivity contribution in [3.05, 3.63) is 28.7 Å². The molecule has 5 fully saturated rings. The third-order valence-corrected chi connectivity index (χ3v) is 14.5. The molecule has 0 unspecified atom stereocenters. The lowest BCUT2D eigenvalue weighted by molar-refractivity contribution is -0.0246. The van der Waals surface area contributed by atoms with Crippen LogP contribution in [0.4, 0.5) is 10.2 Å². The van der Waals surface area contributed by atoms with Gasteiger partial charge in [-0.05, 0) is 82.4 Å². The number of β-amino-alcohol motifs (C(OH)–C–C–N with tert-alkyl or cyclic N) is 1. The molecule has 3 saturated heterocycles. The number of benzene rings is 1. The summed E-state index contributed by atoms with van der Waals surface area (Å²) < 4.78 is 60.3. The molecule has 0 spiro atoms. The Balaban J connectivity index is 1.15. The van der Waals surface area contributed by atoms with Crippen LogP contribution in [-0.2, 0) is 14.6 Å². The number of H-pyrrole nitrogens is 1. The molecule has 13 nitrogen and oxygen atoms in total. The second-order valence-corrected chi connectivity index (χ2v) is 19.1. The molecular weight excluding hydrogens is 737 g/mol. The molecule has 2 saturated carbocycles. The molecule has 0 radical (unpaired) electrons. The van der Waals surface area contributed by atoms with E-state index in [4.69, 9.17) is 40.8 Å². The maximum atomic E-state index is 17.5. The van der Waals surface area contributed by atoms with Gasteiger partial charge in [-0.1, -0.05) is 18.0 Å². The fourth-order valence-electron chi connectivity index (χ4n) is 9.79. The largest absolute Gasteiger partial charge is 0.480 e. The number of nitrogens with zero attached hydrogens (tertiary/aromatic N) is 6. The van der Waals surface area contributed by atoms with Gasteiger partial charge in [0.05, 0.1) is 56.7 Å². The summed E-state index contributed by atoms with van der Waals surface area (Å²) in [5.74, 6) is 0.464. The van der Waals surface area contributed by atoms with Crippen LogP contribution in [-0.4, -0.2) is 119 Å². The highest BCUT2D eigenvalue weighted by Crippen LogP contribution is 2.52. The number of halogens is 2. The van der Waals surface area contributed by atoms with Crippen LogP contribution in [0.2, 0.25) is 5.02 Å². The summed E-state index contributed by atoms with van der Waals surface area (Å²) in [4.78, 5) is 19.0. The number of sulfone groups is 1. The van der Waals surface area contributed by atoms with Crippen LogP contribution in [0, 0.1) is 11.2 Å². The van der Waals surface area contributed by atoms with Crippen LogP contribution < -0.4 is 14.4 Å². The summed E-state index contributed by atoms with van der Waals surface area (Å²) in [7, 11) is -1.48. The average molecular weight is 784 g/mol. The van der Waals surface area contributed by atoms with Gasteiger partial charge in [-0.25, -0.2) is 17.8 Å². The van der Waals surface area contributed by atoms with E-state index in [2.05, 4.69) is 15.1 Å². The number of hydrogen-bond donors (Lipinski definition) is 2. The summed E-state index contributed by atoms with van der Waals surface area (Å²) in [5.41, 5.74) is 0.735. The number of anilines is 1. The van der Waals surface area contributed by atoms with Gasteiger partial charge in [-0.15, -0.1) is 0 Å². The fourth-order valence-corrected chi connectivity index (χ4v) is 11.6. The van der Waals surface area contributed by atoms with Crippen LogP contribution in [0.25, 0.3) is 33.1 Å². The summed E-state index contributed by atoms with van der Waals surface area (Å²) in [6.45, 7) is 3.99. The molecule has 3 aromatic heterocycles. The first-order valence-electron chi connectivity index (χ1n) is 19.2. The molecular formula is C38H47ClFN7O6S. The number of hydrogen-bond acceptors (Lipinski definition) is 12. The molecule has 54 heavy (non-hydrogen) atoms. The molecule has 5 aliphatic rings. The van der Waals surface area contributed by atoms with Crippen LogP contribution in [0.3, 0.4) is 0 Å². The van der Waals surface area contributed by atoms with Gasteiger partial charge in [0.25, 0.3) is 0 Å². The van der Waals surface area contributed by atoms with Crippen LogP contribution in [0.1, 0.15) is 76.2 Å². The number of aromatic amines is 1. The number of likely N-dealkylation sites (tertiary alicyclic amines) is 1. The number of rotatable bonds is 8. The second kappa shape index (κ2) is 13.7. The third kappa shape index (κ3) is 6.47. The van der Waals surface area contributed by atoms with Crippen molar-refractivity contribution in [1.82, 2.24) is 30.0 Å². The van der Waals surface area contributed by atoms with E-state index in [-0.39, 0.29) is 76.6 Å². The lowest BCUT2D eigenvalue weighted by atomic mass is 9.74. The minimum Gasteiger partial charge on any atom is -0.480 e. The molecule has 9 rings (SSSR count). The summed E-state index contributed by atoms with van der Waals surface area (Å²) in [6, 6.07) is 2.35. The third-order valence-electron chi connectivity index (χ3n) is 12.4. The average Bonchev–Trinajstić information content (AvgIpc) is 3.77. The maximum Gasteiger partial charge on any atom is 0.319 e. The molecule has 2 aliphatic carbocycles. The van der Waals surface area contributed by atoms with Crippen LogP contribution in [0.5, 0.6) is 11.9 Å². The Morgan fingerprint density at radius 1 is 1.11 bits per heavy atom. The topological polar surface area (TPSA) is 156 Å². The molecule has 3 atom stereocenters. The minimum absolute atomic E-state index is 0.00539. The molecule has 3 aliphatic heterocycles. The minimum atomic E-state index is -2.97. The van der Waals surface area contributed by atoms with Crippen molar-refractivity contribution in [3.63, 3.8) is 0 Å². The highest BCUT2D eigenvalue weighted by atomic mass is 35.5. The fraction of sp³-hybridized carbons (Fsp3) is 0.632. The predicted molar refractivity (Wildman–Crippen MR) is 203 cm³/mol. The van der Waals surface area contributed by atoms with E-state index in [1.54, 1.807) is 13.1 Å². The monoisotopic (exact) mass is 783 g/mol. The van der Waals surface area contributed by atoms with Crippen molar-refractivity contribution in [2.75, 3.05) is 63.0 Å². The van der Waals surface area contributed by atoms with Crippen molar-refractivity contribution in [2.45, 2.75) is 88.3 Å². The first kappa shape index (κ1) is 36.3. The first-order chi connectivity index (χ1) is 26.0. The summed E-state index contributed by atoms with van der Waals surface area (Å²) >= 11 is 6.87. The highest BCUT2D eigenvalue weighted by Gasteiger charge is 2.50. The zero-order chi connectivity index (χ0) is 37.4. The number of aromatic nitrogens is 5. The molecule has 16 heteroatoms. The first-order valence-corrected chi connectivity index (χ1v) is 21.4. The maximum absolute atomic E-state index is 17.5. The second-order valence-electron chi connectivity index (χ2n) is 16.3. The number of ether oxygens (including phenoxy) is 3. The van der Waals surface area contributed by atoms with Crippen molar-refractivity contribution < 1.29 is 32.1 Å². The Bertz CT molecular complexity index is 2200. The summed E-state index contributed by atoms with van der Waals surface area (Å²) in [6.07, 6.45) is 9.86. The van der Waals surface area contributed by atoms with Gasteiger partial charge in [0, 0.05) is 40.0 Å². The Kier molecular flexibility index (Phi) is 9.19. The lowest BCUT2D eigenvalue weighted by Gasteiger charge is -2.50. The standard InChI is InChI=1S/C38H47ClFN7O6S/c1-37(48)19-46(13-14-52-20-37)34-30-33(31(40)32(42-35(30)51-2)29-24-18-41-45-26(24)17-25(39)28(29)22-6-7-22)43-36(44-34)53-21-38-10-3-5-27(38)47(12-4-11-38)23-8-15-54(49,50)16-9-23/h17-18,22-23,27,48H,3-16,19-21H2,1-2H3,(H,41,45)/t27-,37+,38-/m1/s1. The highest BCUT2D eigenvalue weighted by molar-refractivity contribution is 7.91. The zero-order valence-electron chi connectivity index (χ0n) is 30.7. The van der Waals surface area contributed by atoms with Gasteiger partial charge in [0.15, 0.2) is 5.82 Å². The van der Waals surface area contributed by atoms with Gasteiger partial charge in [0.1, 0.15) is 37.9 Å².